The standard InChI is InChI=1S/C13H27N3O3S/c17-12-13-4-9-16(10-5-13)20(18,19)14-6-11-15-7-2-1-3-8-15/h13-14,17H,1-12H2. The lowest BCUT2D eigenvalue weighted by Crippen LogP contribution is -2.47. The summed E-state index contributed by atoms with van der Waals surface area (Å²) in [6.07, 6.45) is 5.25. The van der Waals surface area contributed by atoms with Gasteiger partial charge in [0.15, 0.2) is 0 Å². The molecule has 2 aliphatic heterocycles. The Morgan fingerprint density at radius 1 is 1.05 bits per heavy atom. The maximum absolute atomic E-state index is 12.2. The van der Waals surface area contributed by atoms with Gasteiger partial charge in [0.1, 0.15) is 0 Å². The maximum atomic E-state index is 12.2. The van der Waals surface area contributed by atoms with E-state index in [9.17, 15) is 8.42 Å². The molecule has 2 aliphatic rings. The molecule has 0 radical (unpaired) electrons. The second-order valence-corrected chi connectivity index (χ2v) is 7.58. The smallest absolute Gasteiger partial charge is 0.279 e. The average molecular weight is 305 g/mol. The molecule has 0 aliphatic carbocycles. The fourth-order valence-corrected chi connectivity index (χ4v) is 4.16. The topological polar surface area (TPSA) is 72.9 Å². The van der Waals surface area contributed by atoms with E-state index in [4.69, 9.17) is 5.11 Å². The van der Waals surface area contributed by atoms with E-state index < -0.39 is 10.2 Å². The van der Waals surface area contributed by atoms with E-state index >= 15 is 0 Å². The Bertz CT molecular complexity index is 374. The number of aliphatic hydroxyl groups is 1. The van der Waals surface area contributed by atoms with Crippen LogP contribution in [0.15, 0.2) is 0 Å². The molecule has 7 heteroatoms. The summed E-state index contributed by atoms with van der Waals surface area (Å²) in [5.41, 5.74) is 0. The lowest BCUT2D eigenvalue weighted by Gasteiger charge is -2.31. The minimum absolute atomic E-state index is 0.163. The first-order valence-corrected chi connectivity index (χ1v) is 9.14. The van der Waals surface area contributed by atoms with Gasteiger partial charge >= 0.3 is 0 Å². The molecule has 0 aromatic heterocycles. The predicted molar refractivity (Wildman–Crippen MR) is 78.6 cm³/mol. The molecular weight excluding hydrogens is 278 g/mol. The average Bonchev–Trinajstić information content (AvgIpc) is 2.48. The van der Waals surface area contributed by atoms with Gasteiger partial charge in [0.05, 0.1) is 0 Å². The third-order valence-corrected chi connectivity index (χ3v) is 5.95. The van der Waals surface area contributed by atoms with Gasteiger partial charge in [-0.2, -0.15) is 12.7 Å². The van der Waals surface area contributed by atoms with Crippen LogP contribution in [0.4, 0.5) is 0 Å². The Morgan fingerprint density at radius 2 is 1.70 bits per heavy atom. The highest BCUT2D eigenvalue weighted by Crippen LogP contribution is 2.18. The summed E-state index contributed by atoms with van der Waals surface area (Å²) < 4.78 is 28.5. The first-order valence-electron chi connectivity index (χ1n) is 7.70. The van der Waals surface area contributed by atoms with E-state index in [0.717, 1.165) is 32.5 Å². The summed E-state index contributed by atoms with van der Waals surface area (Å²) in [4.78, 5) is 2.32. The number of nitrogens with zero attached hydrogens (tertiary/aromatic N) is 2. The summed E-state index contributed by atoms with van der Waals surface area (Å²) in [5, 5.41) is 9.08. The van der Waals surface area contributed by atoms with Crippen LogP contribution in [0.5, 0.6) is 0 Å². The second-order valence-electron chi connectivity index (χ2n) is 5.83. The SMILES string of the molecule is O=S(=O)(NCCN1CCCCC1)N1CCC(CO)CC1. The van der Waals surface area contributed by atoms with Crippen molar-refractivity contribution < 1.29 is 13.5 Å². The Balaban J connectivity index is 1.70. The normalized spacial score (nSPS) is 24.1. The van der Waals surface area contributed by atoms with Crippen molar-refractivity contribution in [1.29, 1.82) is 0 Å². The first kappa shape index (κ1) is 16.2. The van der Waals surface area contributed by atoms with Crippen LogP contribution >= 0.6 is 0 Å². The van der Waals surface area contributed by atoms with Crippen LogP contribution in [0.1, 0.15) is 32.1 Å². The van der Waals surface area contributed by atoms with E-state index in [0.29, 0.717) is 19.6 Å². The van der Waals surface area contributed by atoms with Gasteiger partial charge < -0.3 is 10.0 Å². The highest BCUT2D eigenvalue weighted by Gasteiger charge is 2.27. The number of piperidine rings is 2. The number of nitrogens with one attached hydrogen (secondary N) is 1. The van der Waals surface area contributed by atoms with Gasteiger partial charge in [0.25, 0.3) is 10.2 Å². The van der Waals surface area contributed by atoms with Gasteiger partial charge in [0, 0.05) is 32.8 Å². The molecule has 0 bridgehead atoms. The van der Waals surface area contributed by atoms with Gasteiger partial charge in [-0.1, -0.05) is 6.42 Å². The molecular formula is C13H27N3O3S. The molecule has 0 spiro atoms. The van der Waals surface area contributed by atoms with Crippen molar-refractivity contribution in [2.75, 3.05) is 45.9 Å². The van der Waals surface area contributed by atoms with Crippen molar-refractivity contribution in [1.82, 2.24) is 13.9 Å². The Kier molecular flexibility index (Phi) is 6.22. The Morgan fingerprint density at radius 3 is 2.30 bits per heavy atom. The number of aliphatic hydroxyl groups excluding tert-OH is 1. The molecule has 0 saturated carbocycles. The van der Waals surface area contributed by atoms with E-state index in [1.54, 1.807) is 0 Å². The van der Waals surface area contributed by atoms with Crippen LogP contribution in [0.2, 0.25) is 0 Å². The highest BCUT2D eigenvalue weighted by atomic mass is 32.2. The fraction of sp³-hybridized carbons (Fsp3) is 1.00. The number of hydrogen-bond donors (Lipinski definition) is 2. The molecule has 20 heavy (non-hydrogen) atoms. The van der Waals surface area contributed by atoms with Gasteiger partial charge in [-0.25, -0.2) is 4.72 Å². The summed E-state index contributed by atoms with van der Waals surface area (Å²) in [6, 6.07) is 0. The maximum Gasteiger partial charge on any atom is 0.279 e. The van der Waals surface area contributed by atoms with Crippen molar-refractivity contribution in [3.05, 3.63) is 0 Å². The van der Waals surface area contributed by atoms with Crippen molar-refractivity contribution in [2.24, 2.45) is 5.92 Å². The summed E-state index contributed by atoms with van der Waals surface area (Å²) in [5.74, 6) is 0.259. The largest absolute Gasteiger partial charge is 0.396 e. The van der Waals surface area contributed by atoms with Gasteiger partial charge in [-0.15, -0.1) is 0 Å². The minimum Gasteiger partial charge on any atom is -0.396 e. The van der Waals surface area contributed by atoms with Crippen LogP contribution in [0.3, 0.4) is 0 Å². The number of likely N-dealkylation sites (tertiary alicyclic amines) is 1. The van der Waals surface area contributed by atoms with Crippen LogP contribution < -0.4 is 4.72 Å². The lowest BCUT2D eigenvalue weighted by atomic mass is 10.00. The number of rotatable bonds is 6. The summed E-state index contributed by atoms with van der Waals surface area (Å²) in [7, 11) is -3.34. The molecule has 2 rings (SSSR count). The van der Waals surface area contributed by atoms with E-state index in [2.05, 4.69) is 9.62 Å². The zero-order valence-electron chi connectivity index (χ0n) is 12.1. The quantitative estimate of drug-likeness (QED) is 0.725. The molecule has 0 amide bonds. The highest BCUT2D eigenvalue weighted by molar-refractivity contribution is 7.87. The molecule has 0 unspecified atom stereocenters. The lowest BCUT2D eigenvalue weighted by molar-refractivity contribution is 0.169. The molecule has 118 valence electrons. The van der Waals surface area contributed by atoms with Crippen LogP contribution in [0.25, 0.3) is 0 Å². The van der Waals surface area contributed by atoms with Gasteiger partial charge in [-0.05, 0) is 44.7 Å². The molecule has 2 saturated heterocycles. The van der Waals surface area contributed by atoms with Gasteiger partial charge in [-0.3, -0.25) is 0 Å². The monoisotopic (exact) mass is 305 g/mol. The van der Waals surface area contributed by atoms with E-state index in [-0.39, 0.29) is 12.5 Å². The third-order valence-electron chi connectivity index (χ3n) is 4.33. The number of hydrogen-bond acceptors (Lipinski definition) is 4. The first-order chi connectivity index (χ1) is 9.62. The zero-order chi connectivity index (χ0) is 14.4. The van der Waals surface area contributed by atoms with Crippen LogP contribution in [-0.2, 0) is 10.2 Å². The Labute approximate surface area is 122 Å². The molecule has 2 heterocycles. The summed E-state index contributed by atoms with van der Waals surface area (Å²) >= 11 is 0. The van der Waals surface area contributed by atoms with Crippen LogP contribution in [0, 0.1) is 5.92 Å². The molecule has 2 N–H and O–H groups in total. The molecule has 6 nitrogen and oxygen atoms in total. The molecule has 2 fully saturated rings. The van der Waals surface area contributed by atoms with Crippen molar-refractivity contribution in [3.63, 3.8) is 0 Å². The molecule has 0 atom stereocenters. The van der Waals surface area contributed by atoms with Crippen LogP contribution in [-0.4, -0.2) is 68.6 Å². The summed E-state index contributed by atoms with van der Waals surface area (Å²) in [6.45, 7) is 4.66. The molecule has 0 aromatic rings. The van der Waals surface area contributed by atoms with Crippen molar-refractivity contribution >= 4 is 10.2 Å². The van der Waals surface area contributed by atoms with Gasteiger partial charge in [0.2, 0.25) is 0 Å². The predicted octanol–water partition coefficient (Wildman–Crippen LogP) is 0.0110. The Hall–Kier alpha value is -0.210. The third kappa shape index (κ3) is 4.66. The second kappa shape index (κ2) is 7.70. The van der Waals surface area contributed by atoms with Crippen molar-refractivity contribution in [2.45, 2.75) is 32.1 Å². The fourth-order valence-electron chi connectivity index (χ4n) is 2.94. The minimum atomic E-state index is -3.34. The van der Waals surface area contributed by atoms with E-state index in [1.165, 1.54) is 23.6 Å². The van der Waals surface area contributed by atoms with Crippen molar-refractivity contribution in [3.8, 4) is 0 Å². The zero-order valence-corrected chi connectivity index (χ0v) is 12.9. The van der Waals surface area contributed by atoms with E-state index in [1.807, 2.05) is 0 Å². The molecule has 0 aromatic carbocycles.